The molecular weight excluding hydrogens is 524 g/mol. The quantitative estimate of drug-likeness (QED) is 0.396. The van der Waals surface area contributed by atoms with Crippen LogP contribution in [-0.4, -0.2) is 58.9 Å². The number of H-pyrrole nitrogens is 1. The predicted molar refractivity (Wildman–Crippen MR) is 171 cm³/mol. The lowest BCUT2D eigenvalue weighted by molar-refractivity contribution is -0.121. The van der Waals surface area contributed by atoms with Crippen molar-refractivity contribution in [3.8, 4) is 0 Å². The molecule has 4 N–H and O–H groups in total. The van der Waals surface area contributed by atoms with Crippen molar-refractivity contribution in [2.24, 2.45) is 15.9 Å². The van der Waals surface area contributed by atoms with Gasteiger partial charge in [-0.05, 0) is 107 Å². The van der Waals surface area contributed by atoms with Crippen molar-refractivity contribution < 1.29 is 9.59 Å². The zero-order valence-corrected chi connectivity index (χ0v) is 26.2. The third-order valence-corrected chi connectivity index (χ3v) is 10.2. The molecule has 5 rings (SSSR count). The Kier molecular flexibility index (Phi) is 7.64. The van der Waals surface area contributed by atoms with E-state index in [4.69, 9.17) is 9.98 Å². The molecule has 1 aromatic rings. The van der Waals surface area contributed by atoms with E-state index in [0.29, 0.717) is 25.7 Å². The molecule has 222 valence electrons. The minimum Gasteiger partial charge on any atom is -0.359 e. The van der Waals surface area contributed by atoms with Crippen LogP contribution in [-0.2, 0) is 9.59 Å². The van der Waals surface area contributed by atoms with Crippen LogP contribution in [0.15, 0.2) is 68.3 Å². The predicted octanol–water partition coefficient (Wildman–Crippen LogP) is 3.14. The number of nitrogens with zero attached hydrogens (tertiary/aromatic N) is 2. The number of aromatic nitrogens is 1. The highest BCUT2D eigenvalue weighted by Crippen LogP contribution is 2.52. The molecule has 0 aromatic carbocycles. The molecule has 5 heterocycles. The van der Waals surface area contributed by atoms with E-state index in [1.165, 1.54) is 11.1 Å². The maximum Gasteiger partial charge on any atom is 0.220 e. The van der Waals surface area contributed by atoms with Gasteiger partial charge in [-0.25, -0.2) is 4.99 Å². The Labute approximate surface area is 248 Å². The van der Waals surface area contributed by atoms with E-state index < -0.39 is 16.6 Å². The molecule has 0 saturated heterocycles. The third-order valence-electron chi connectivity index (χ3n) is 10.2. The first-order valence-electron chi connectivity index (χ1n) is 14.9. The molecule has 0 aliphatic carbocycles. The highest BCUT2D eigenvalue weighted by molar-refractivity contribution is 6.22. The summed E-state index contributed by atoms with van der Waals surface area (Å²) in [6, 6.07) is 4.10. The Hall–Kier alpha value is -3.78. The molecule has 4 aliphatic rings. The first-order chi connectivity index (χ1) is 19.8. The second-order valence-electron chi connectivity index (χ2n) is 12.5. The maximum absolute atomic E-state index is 12.7. The van der Waals surface area contributed by atoms with Gasteiger partial charge in [-0.3, -0.25) is 19.9 Å². The molecule has 0 spiro atoms. The van der Waals surface area contributed by atoms with Gasteiger partial charge in [-0.15, -0.1) is 0 Å². The number of aliphatic imine (C=N–C) groups is 2. The summed E-state index contributed by atoms with van der Waals surface area (Å²) in [5.74, 6) is -0.0818. The van der Waals surface area contributed by atoms with E-state index in [1.807, 2.05) is 18.2 Å². The van der Waals surface area contributed by atoms with Crippen molar-refractivity contribution in [3.63, 3.8) is 0 Å². The van der Waals surface area contributed by atoms with Crippen LogP contribution in [0.1, 0.15) is 67.2 Å². The number of hydrogen-bond donors (Lipinski definition) is 4. The highest BCUT2D eigenvalue weighted by atomic mass is 16.2. The van der Waals surface area contributed by atoms with Crippen LogP contribution < -0.4 is 26.6 Å². The molecule has 4 unspecified atom stereocenters. The van der Waals surface area contributed by atoms with Gasteiger partial charge in [0, 0.05) is 49.1 Å². The minimum atomic E-state index is -0.699. The molecule has 4 atom stereocenters. The summed E-state index contributed by atoms with van der Waals surface area (Å²) in [6.07, 6.45) is 12.3. The SMILES string of the molecule is CNC(=O)CCC1=C(C)C2=NC1(CCC(=O)NC)C(C)C1(C)NC(C)(C=C3C=CC(=N3)C=c3ccc([nH]3)=C2)C(C)=C1C. The average Bonchev–Trinajstić information content (AvgIpc) is 3.70. The monoisotopic (exact) mass is 568 g/mol. The summed E-state index contributed by atoms with van der Waals surface area (Å²) < 4.78 is 0. The molecule has 42 heavy (non-hydrogen) atoms. The van der Waals surface area contributed by atoms with Crippen LogP contribution >= 0.6 is 0 Å². The Morgan fingerprint density at radius 2 is 1.62 bits per heavy atom. The molecule has 0 saturated carbocycles. The third kappa shape index (κ3) is 4.96. The van der Waals surface area contributed by atoms with Crippen molar-refractivity contribution in [2.75, 3.05) is 14.1 Å². The second-order valence-corrected chi connectivity index (χ2v) is 12.5. The van der Waals surface area contributed by atoms with E-state index >= 15 is 0 Å². The van der Waals surface area contributed by atoms with Crippen LogP contribution in [0.4, 0.5) is 0 Å². The number of carbonyl (C=O) groups is 2. The molecule has 1 aromatic heterocycles. The van der Waals surface area contributed by atoms with E-state index in [2.05, 4.69) is 86.8 Å². The Bertz CT molecular complexity index is 1650. The summed E-state index contributed by atoms with van der Waals surface area (Å²) in [7, 11) is 3.34. The number of rotatable bonds is 6. The van der Waals surface area contributed by atoms with E-state index in [0.717, 1.165) is 39.0 Å². The summed E-state index contributed by atoms with van der Waals surface area (Å²) in [5, 5.41) is 11.5. The number of allylic oxidation sites excluding steroid dienone is 3. The number of aromatic amines is 1. The van der Waals surface area contributed by atoms with Crippen molar-refractivity contribution in [1.82, 2.24) is 20.9 Å². The van der Waals surface area contributed by atoms with Crippen molar-refractivity contribution in [2.45, 2.75) is 83.8 Å². The van der Waals surface area contributed by atoms with Gasteiger partial charge in [0.2, 0.25) is 11.8 Å². The standard InChI is InChI=1S/C34H44N6O2/c1-20-28(13-14-30(41)35-7)34(16-15-31(42)36-8)23(4)33(6)22(3)21(2)32(5,40-33)19-27-12-11-25(38-27)17-24-9-10-26(37-24)18-29(20)39-34/h9-12,17-19,23,37,40H,13-16H2,1-8H3,(H,35,41)(H,36,42). The molecule has 4 aliphatic heterocycles. The average molecular weight is 569 g/mol. The zero-order valence-electron chi connectivity index (χ0n) is 26.2. The van der Waals surface area contributed by atoms with Gasteiger partial charge in [0.25, 0.3) is 0 Å². The smallest absolute Gasteiger partial charge is 0.220 e. The Morgan fingerprint density at radius 1 is 0.952 bits per heavy atom. The number of fused-ring (bicyclic) bond motifs is 6. The molecule has 0 radical (unpaired) electrons. The van der Waals surface area contributed by atoms with Gasteiger partial charge in [0.15, 0.2) is 0 Å². The van der Waals surface area contributed by atoms with Crippen molar-refractivity contribution >= 4 is 35.4 Å². The summed E-state index contributed by atoms with van der Waals surface area (Å²) >= 11 is 0. The molecule has 8 nitrogen and oxygen atoms in total. The first kappa shape index (κ1) is 29.7. The fourth-order valence-corrected chi connectivity index (χ4v) is 7.28. The fourth-order valence-electron chi connectivity index (χ4n) is 7.28. The van der Waals surface area contributed by atoms with Gasteiger partial charge in [-0.1, -0.05) is 12.5 Å². The Balaban J connectivity index is 1.78. The van der Waals surface area contributed by atoms with Gasteiger partial charge in [-0.2, -0.15) is 0 Å². The Morgan fingerprint density at radius 3 is 2.31 bits per heavy atom. The second kappa shape index (κ2) is 10.8. The fraction of sp³-hybridized carbons (Fsp3) is 0.471. The molecule has 2 amide bonds. The minimum absolute atomic E-state index is 0.01000. The summed E-state index contributed by atoms with van der Waals surface area (Å²) in [5.41, 5.74) is 5.85. The normalized spacial score (nSPS) is 30.0. The number of nitrogens with one attached hydrogen (secondary N) is 4. The number of amides is 2. The topological polar surface area (TPSA) is 111 Å². The first-order valence-corrected chi connectivity index (χ1v) is 14.9. The number of hydrogen-bond acceptors (Lipinski definition) is 5. The van der Waals surface area contributed by atoms with E-state index in [-0.39, 0.29) is 17.7 Å². The summed E-state index contributed by atoms with van der Waals surface area (Å²) in [4.78, 5) is 39.2. The highest BCUT2D eigenvalue weighted by Gasteiger charge is 2.56. The van der Waals surface area contributed by atoms with Gasteiger partial charge in [0.05, 0.1) is 28.2 Å². The lowest BCUT2D eigenvalue weighted by Crippen LogP contribution is -2.59. The maximum atomic E-state index is 12.7. The van der Waals surface area contributed by atoms with Crippen LogP contribution in [0.25, 0.3) is 12.2 Å². The lowest BCUT2D eigenvalue weighted by Gasteiger charge is -2.47. The lowest BCUT2D eigenvalue weighted by atomic mass is 9.65. The van der Waals surface area contributed by atoms with E-state index in [9.17, 15) is 9.59 Å². The molecule has 8 heteroatoms. The van der Waals surface area contributed by atoms with Gasteiger partial charge in [0.1, 0.15) is 0 Å². The van der Waals surface area contributed by atoms with Crippen molar-refractivity contribution in [1.29, 1.82) is 0 Å². The van der Waals surface area contributed by atoms with E-state index in [1.54, 1.807) is 14.1 Å². The van der Waals surface area contributed by atoms with Gasteiger partial charge >= 0.3 is 0 Å². The van der Waals surface area contributed by atoms with Crippen LogP contribution in [0.5, 0.6) is 0 Å². The molecule has 8 bridgehead atoms. The van der Waals surface area contributed by atoms with Crippen LogP contribution in [0, 0.1) is 5.92 Å². The number of carbonyl (C=O) groups excluding carboxylic acids is 2. The largest absolute Gasteiger partial charge is 0.359 e. The molecular formula is C34H44N6O2. The molecule has 0 fully saturated rings. The van der Waals surface area contributed by atoms with Crippen LogP contribution in [0.3, 0.4) is 0 Å². The summed E-state index contributed by atoms with van der Waals surface area (Å²) in [6.45, 7) is 13.2. The van der Waals surface area contributed by atoms with Gasteiger partial charge < -0.3 is 15.6 Å². The zero-order chi connectivity index (χ0) is 30.4. The van der Waals surface area contributed by atoms with Crippen molar-refractivity contribution in [3.05, 3.63) is 69.0 Å². The van der Waals surface area contributed by atoms with Crippen LogP contribution in [0.2, 0.25) is 0 Å².